The van der Waals surface area contributed by atoms with Gasteiger partial charge in [-0.05, 0) is 43.7 Å². The minimum atomic E-state index is -1.02. The van der Waals surface area contributed by atoms with Gasteiger partial charge in [-0.2, -0.15) is 0 Å². The standard InChI is InChI=1S/C22H21N3O5/c1-13(20(26)23-15-5-3-6-16(12-15)29-2)30-22(28)14-8-9-17-18(11-14)24-19-7-4-10-25(19)21(17)27/h3,5-6,8-9,11-13H,4,7,10H2,1-2H3,(H,23,26)/t13-/m0/s1. The Hall–Kier alpha value is -3.68. The Morgan fingerprint density at radius 1 is 1.20 bits per heavy atom. The Morgan fingerprint density at radius 3 is 2.83 bits per heavy atom. The van der Waals surface area contributed by atoms with Crippen molar-refractivity contribution >= 4 is 28.5 Å². The summed E-state index contributed by atoms with van der Waals surface area (Å²) in [5, 5.41) is 3.15. The SMILES string of the molecule is COc1cccc(NC(=O)[C@H](C)OC(=O)c2ccc3c(=O)n4c(nc3c2)CCC4)c1. The van der Waals surface area contributed by atoms with E-state index in [-0.39, 0.29) is 11.1 Å². The van der Waals surface area contributed by atoms with Crippen LogP contribution in [0.2, 0.25) is 0 Å². The summed E-state index contributed by atoms with van der Waals surface area (Å²) in [4.78, 5) is 42.0. The van der Waals surface area contributed by atoms with E-state index in [0.717, 1.165) is 18.7 Å². The molecule has 1 aromatic heterocycles. The van der Waals surface area contributed by atoms with Crippen molar-refractivity contribution in [2.45, 2.75) is 32.4 Å². The van der Waals surface area contributed by atoms with Crippen LogP contribution in [0.25, 0.3) is 10.9 Å². The fourth-order valence-corrected chi connectivity index (χ4v) is 3.44. The summed E-state index contributed by atoms with van der Waals surface area (Å²) in [6, 6.07) is 11.5. The molecule has 1 N–H and O–H groups in total. The van der Waals surface area contributed by atoms with Gasteiger partial charge in [0.1, 0.15) is 11.6 Å². The summed E-state index contributed by atoms with van der Waals surface area (Å²) in [7, 11) is 1.53. The predicted octanol–water partition coefficient (Wildman–Crippen LogP) is 2.54. The number of rotatable bonds is 5. The molecule has 3 aromatic rings. The maximum atomic E-state index is 12.5. The normalized spacial score (nSPS) is 13.5. The van der Waals surface area contributed by atoms with Crippen molar-refractivity contribution in [1.82, 2.24) is 9.55 Å². The summed E-state index contributed by atoms with van der Waals surface area (Å²) in [5.74, 6) is 0.201. The molecule has 1 aliphatic rings. The summed E-state index contributed by atoms with van der Waals surface area (Å²) >= 11 is 0. The molecule has 0 saturated carbocycles. The molecule has 0 aliphatic carbocycles. The van der Waals surface area contributed by atoms with Gasteiger partial charge in [-0.3, -0.25) is 14.2 Å². The molecular formula is C22H21N3O5. The second-order valence-corrected chi connectivity index (χ2v) is 7.09. The van der Waals surface area contributed by atoms with E-state index in [0.29, 0.717) is 28.9 Å². The number of benzene rings is 2. The number of aromatic nitrogens is 2. The molecule has 30 heavy (non-hydrogen) atoms. The highest BCUT2D eigenvalue weighted by atomic mass is 16.5. The molecule has 1 atom stereocenters. The third-order valence-corrected chi connectivity index (χ3v) is 5.04. The van der Waals surface area contributed by atoms with Gasteiger partial charge in [0.15, 0.2) is 6.10 Å². The number of hydrogen-bond acceptors (Lipinski definition) is 6. The highest BCUT2D eigenvalue weighted by molar-refractivity contribution is 5.98. The van der Waals surface area contributed by atoms with Crippen LogP contribution in [-0.4, -0.2) is 34.6 Å². The molecule has 0 unspecified atom stereocenters. The molecule has 8 heteroatoms. The third-order valence-electron chi connectivity index (χ3n) is 5.04. The van der Waals surface area contributed by atoms with E-state index in [1.807, 2.05) is 0 Å². The molecule has 2 heterocycles. The average Bonchev–Trinajstić information content (AvgIpc) is 3.22. The molecule has 0 fully saturated rings. The van der Waals surface area contributed by atoms with Gasteiger partial charge in [-0.1, -0.05) is 6.07 Å². The molecule has 1 amide bonds. The summed E-state index contributed by atoms with van der Waals surface area (Å²) < 4.78 is 12.1. The van der Waals surface area contributed by atoms with Crippen LogP contribution in [0.5, 0.6) is 5.75 Å². The topological polar surface area (TPSA) is 99.5 Å². The van der Waals surface area contributed by atoms with Crippen molar-refractivity contribution < 1.29 is 19.1 Å². The zero-order valence-electron chi connectivity index (χ0n) is 16.7. The van der Waals surface area contributed by atoms with E-state index >= 15 is 0 Å². The second-order valence-electron chi connectivity index (χ2n) is 7.09. The Labute approximate surface area is 172 Å². The van der Waals surface area contributed by atoms with E-state index in [1.54, 1.807) is 34.9 Å². The summed E-state index contributed by atoms with van der Waals surface area (Å²) in [6.45, 7) is 2.16. The Morgan fingerprint density at radius 2 is 2.03 bits per heavy atom. The van der Waals surface area contributed by atoms with Crippen LogP contribution >= 0.6 is 0 Å². The number of carbonyl (C=O) groups excluding carboxylic acids is 2. The van der Waals surface area contributed by atoms with Gasteiger partial charge in [0, 0.05) is 24.7 Å². The first-order valence-corrected chi connectivity index (χ1v) is 9.65. The number of anilines is 1. The Balaban J connectivity index is 1.48. The molecule has 4 rings (SSSR count). The number of carbonyl (C=O) groups is 2. The van der Waals surface area contributed by atoms with Crippen molar-refractivity contribution in [3.63, 3.8) is 0 Å². The second kappa shape index (κ2) is 7.98. The zero-order chi connectivity index (χ0) is 21.3. The predicted molar refractivity (Wildman–Crippen MR) is 111 cm³/mol. The maximum Gasteiger partial charge on any atom is 0.338 e. The first-order valence-electron chi connectivity index (χ1n) is 9.65. The molecular weight excluding hydrogens is 386 g/mol. The molecule has 2 aromatic carbocycles. The van der Waals surface area contributed by atoms with Crippen molar-refractivity contribution in [3.8, 4) is 5.75 Å². The number of nitrogens with one attached hydrogen (secondary N) is 1. The van der Waals surface area contributed by atoms with Crippen LogP contribution in [0.4, 0.5) is 5.69 Å². The van der Waals surface area contributed by atoms with E-state index in [2.05, 4.69) is 10.3 Å². The van der Waals surface area contributed by atoms with Crippen LogP contribution in [0.1, 0.15) is 29.5 Å². The van der Waals surface area contributed by atoms with Crippen molar-refractivity contribution in [3.05, 3.63) is 64.2 Å². The van der Waals surface area contributed by atoms with Gasteiger partial charge < -0.3 is 14.8 Å². The summed E-state index contributed by atoms with van der Waals surface area (Å²) in [5.41, 5.74) is 1.12. The van der Waals surface area contributed by atoms with Crippen LogP contribution in [-0.2, 0) is 22.5 Å². The molecule has 0 bridgehead atoms. The van der Waals surface area contributed by atoms with Crippen LogP contribution in [0, 0.1) is 0 Å². The highest BCUT2D eigenvalue weighted by Gasteiger charge is 2.21. The lowest BCUT2D eigenvalue weighted by molar-refractivity contribution is -0.123. The lowest BCUT2D eigenvalue weighted by atomic mass is 10.1. The number of hydrogen-bond donors (Lipinski definition) is 1. The van der Waals surface area contributed by atoms with Gasteiger partial charge in [-0.15, -0.1) is 0 Å². The average molecular weight is 407 g/mol. The fraction of sp³-hybridized carbons (Fsp3) is 0.273. The number of aryl methyl sites for hydroxylation is 1. The molecule has 154 valence electrons. The monoisotopic (exact) mass is 407 g/mol. The van der Waals surface area contributed by atoms with Crippen molar-refractivity contribution in [2.24, 2.45) is 0 Å². The Kier molecular flexibility index (Phi) is 5.22. The van der Waals surface area contributed by atoms with Crippen LogP contribution in [0.15, 0.2) is 47.3 Å². The van der Waals surface area contributed by atoms with Crippen molar-refractivity contribution in [2.75, 3.05) is 12.4 Å². The first kappa shape index (κ1) is 19.6. The van der Waals surface area contributed by atoms with Crippen LogP contribution in [0.3, 0.4) is 0 Å². The number of methoxy groups -OCH3 is 1. The largest absolute Gasteiger partial charge is 0.497 e. The van der Waals surface area contributed by atoms with Gasteiger partial charge >= 0.3 is 5.97 Å². The van der Waals surface area contributed by atoms with E-state index in [4.69, 9.17) is 9.47 Å². The number of nitrogens with zero attached hydrogens (tertiary/aromatic N) is 2. The molecule has 0 radical (unpaired) electrons. The fourth-order valence-electron chi connectivity index (χ4n) is 3.44. The lowest BCUT2D eigenvalue weighted by Gasteiger charge is -2.14. The van der Waals surface area contributed by atoms with Gasteiger partial charge in [0.2, 0.25) is 0 Å². The first-order chi connectivity index (χ1) is 14.5. The van der Waals surface area contributed by atoms with Gasteiger partial charge in [0.05, 0.1) is 23.6 Å². The highest BCUT2D eigenvalue weighted by Crippen LogP contribution is 2.19. The van der Waals surface area contributed by atoms with Gasteiger partial charge in [-0.25, -0.2) is 9.78 Å². The van der Waals surface area contributed by atoms with Crippen LogP contribution < -0.4 is 15.6 Å². The molecule has 0 spiro atoms. The van der Waals surface area contributed by atoms with E-state index in [1.165, 1.54) is 26.2 Å². The number of esters is 1. The zero-order valence-corrected chi connectivity index (χ0v) is 16.7. The Bertz CT molecular complexity index is 1200. The number of ether oxygens (including phenoxy) is 2. The maximum absolute atomic E-state index is 12.5. The number of fused-ring (bicyclic) bond motifs is 2. The lowest BCUT2D eigenvalue weighted by Crippen LogP contribution is -2.30. The minimum absolute atomic E-state index is 0.0987. The minimum Gasteiger partial charge on any atom is -0.497 e. The van der Waals surface area contributed by atoms with Crippen molar-refractivity contribution in [1.29, 1.82) is 0 Å². The molecule has 0 saturated heterocycles. The smallest absolute Gasteiger partial charge is 0.338 e. The third kappa shape index (κ3) is 3.76. The summed E-state index contributed by atoms with van der Waals surface area (Å²) in [6.07, 6.45) is 0.604. The molecule has 1 aliphatic heterocycles. The van der Waals surface area contributed by atoms with E-state index < -0.39 is 18.0 Å². The number of amides is 1. The van der Waals surface area contributed by atoms with Gasteiger partial charge in [0.25, 0.3) is 11.5 Å². The van der Waals surface area contributed by atoms with E-state index in [9.17, 15) is 14.4 Å². The quantitative estimate of drug-likeness (QED) is 0.653. The molecule has 8 nitrogen and oxygen atoms in total.